The third-order valence-corrected chi connectivity index (χ3v) is 4.33. The molecule has 2 aliphatic rings. The first kappa shape index (κ1) is 12.4. The summed E-state index contributed by atoms with van der Waals surface area (Å²) in [5, 5.41) is 15.0. The monoisotopic (exact) mass is 235 g/mol. The number of rotatable bonds is 2. The third-order valence-electron chi connectivity index (χ3n) is 4.33. The summed E-state index contributed by atoms with van der Waals surface area (Å²) in [6.07, 6.45) is 7.10. The Morgan fingerprint density at radius 1 is 1.35 bits per heavy atom. The summed E-state index contributed by atoms with van der Waals surface area (Å²) in [5.41, 5.74) is 0.300. The van der Waals surface area contributed by atoms with Crippen molar-refractivity contribution in [2.45, 2.75) is 51.0 Å². The topological polar surface area (TPSA) is 64.9 Å². The van der Waals surface area contributed by atoms with Crippen LogP contribution < -0.4 is 10.6 Å². The molecule has 4 nitrogen and oxygen atoms in total. The minimum Gasteiger partial charge on any atom is -0.352 e. The van der Waals surface area contributed by atoms with E-state index in [0.29, 0.717) is 11.5 Å². The lowest BCUT2D eigenvalue weighted by atomic mass is 9.65. The smallest absolute Gasteiger partial charge is 0.234 e. The fourth-order valence-electron chi connectivity index (χ4n) is 3.37. The van der Waals surface area contributed by atoms with E-state index in [2.05, 4.69) is 10.6 Å². The molecule has 2 N–H and O–H groups in total. The van der Waals surface area contributed by atoms with Crippen molar-refractivity contribution in [3.63, 3.8) is 0 Å². The van der Waals surface area contributed by atoms with Crippen LogP contribution in [-0.4, -0.2) is 25.0 Å². The van der Waals surface area contributed by atoms with E-state index >= 15 is 0 Å². The number of hydrogen-bond acceptors (Lipinski definition) is 3. The normalized spacial score (nSPS) is 27.4. The van der Waals surface area contributed by atoms with E-state index in [-0.39, 0.29) is 12.3 Å². The van der Waals surface area contributed by atoms with Gasteiger partial charge in [0.05, 0.1) is 6.07 Å². The second-order valence-electron chi connectivity index (χ2n) is 5.31. The van der Waals surface area contributed by atoms with Gasteiger partial charge in [-0.3, -0.25) is 4.79 Å². The van der Waals surface area contributed by atoms with E-state index in [1.807, 2.05) is 6.07 Å². The Morgan fingerprint density at radius 2 is 2.12 bits per heavy atom. The SMILES string of the molecule is N#CCC(=O)NC1CCCCC12CCNCC2. The standard InChI is InChI=1S/C13H21N3O/c14-8-4-12(17)16-11-3-1-2-5-13(11)6-9-15-10-7-13/h11,15H,1-7,9-10H2,(H,16,17). The lowest BCUT2D eigenvalue weighted by molar-refractivity contribution is -0.122. The maximum absolute atomic E-state index is 11.6. The molecule has 1 aliphatic heterocycles. The zero-order valence-corrected chi connectivity index (χ0v) is 10.3. The summed E-state index contributed by atoms with van der Waals surface area (Å²) < 4.78 is 0. The molecule has 1 amide bonds. The van der Waals surface area contributed by atoms with Gasteiger partial charge in [-0.25, -0.2) is 0 Å². The van der Waals surface area contributed by atoms with E-state index in [4.69, 9.17) is 5.26 Å². The fraction of sp³-hybridized carbons (Fsp3) is 0.846. The van der Waals surface area contributed by atoms with Gasteiger partial charge < -0.3 is 10.6 Å². The number of nitriles is 1. The summed E-state index contributed by atoms with van der Waals surface area (Å²) >= 11 is 0. The van der Waals surface area contributed by atoms with Crippen LogP contribution in [-0.2, 0) is 4.79 Å². The van der Waals surface area contributed by atoms with Crippen molar-refractivity contribution in [3.8, 4) is 6.07 Å². The Morgan fingerprint density at radius 3 is 2.82 bits per heavy atom. The van der Waals surface area contributed by atoms with Gasteiger partial charge in [0.1, 0.15) is 6.42 Å². The van der Waals surface area contributed by atoms with Gasteiger partial charge in [0, 0.05) is 6.04 Å². The molecule has 4 heteroatoms. The van der Waals surface area contributed by atoms with Crippen molar-refractivity contribution < 1.29 is 4.79 Å². The van der Waals surface area contributed by atoms with Crippen LogP contribution in [0.1, 0.15) is 44.9 Å². The highest BCUT2D eigenvalue weighted by molar-refractivity contribution is 5.78. The molecular formula is C13H21N3O. The van der Waals surface area contributed by atoms with Gasteiger partial charge in [0.15, 0.2) is 0 Å². The molecule has 1 unspecified atom stereocenters. The van der Waals surface area contributed by atoms with Gasteiger partial charge in [0.25, 0.3) is 0 Å². The number of hydrogen-bond donors (Lipinski definition) is 2. The summed E-state index contributed by atoms with van der Waals surface area (Å²) in [5.74, 6) is -0.0997. The Hall–Kier alpha value is -1.08. The molecule has 1 heterocycles. The predicted octanol–water partition coefficient (Wildman–Crippen LogP) is 1.33. The second kappa shape index (κ2) is 5.50. The highest BCUT2D eigenvalue weighted by atomic mass is 16.1. The van der Waals surface area contributed by atoms with Crippen LogP contribution in [0.2, 0.25) is 0 Å². The molecule has 1 saturated heterocycles. The predicted molar refractivity (Wildman–Crippen MR) is 65.2 cm³/mol. The van der Waals surface area contributed by atoms with E-state index in [9.17, 15) is 4.79 Å². The van der Waals surface area contributed by atoms with E-state index in [1.165, 1.54) is 19.3 Å². The Kier molecular flexibility index (Phi) is 4.01. The number of amides is 1. The maximum atomic E-state index is 11.6. The fourth-order valence-corrected chi connectivity index (χ4v) is 3.37. The molecule has 1 spiro atoms. The quantitative estimate of drug-likeness (QED) is 0.759. The van der Waals surface area contributed by atoms with Crippen molar-refractivity contribution in [1.82, 2.24) is 10.6 Å². The van der Waals surface area contributed by atoms with Crippen molar-refractivity contribution >= 4 is 5.91 Å². The van der Waals surface area contributed by atoms with E-state index in [1.54, 1.807) is 0 Å². The molecule has 2 rings (SSSR count). The highest BCUT2D eigenvalue weighted by Crippen LogP contribution is 2.43. The van der Waals surface area contributed by atoms with Gasteiger partial charge >= 0.3 is 0 Å². The first-order chi connectivity index (χ1) is 8.27. The van der Waals surface area contributed by atoms with Gasteiger partial charge in [-0.05, 0) is 44.2 Å². The van der Waals surface area contributed by atoms with Crippen molar-refractivity contribution in [3.05, 3.63) is 0 Å². The van der Waals surface area contributed by atoms with Gasteiger partial charge in [-0.1, -0.05) is 12.8 Å². The first-order valence-corrected chi connectivity index (χ1v) is 6.64. The number of carbonyl (C=O) groups excluding carboxylic acids is 1. The molecule has 17 heavy (non-hydrogen) atoms. The highest BCUT2D eigenvalue weighted by Gasteiger charge is 2.41. The molecule has 0 radical (unpaired) electrons. The number of carbonyl (C=O) groups is 1. The first-order valence-electron chi connectivity index (χ1n) is 6.64. The number of piperidine rings is 1. The summed E-state index contributed by atoms with van der Waals surface area (Å²) in [4.78, 5) is 11.6. The summed E-state index contributed by atoms with van der Waals surface area (Å²) in [7, 11) is 0. The van der Waals surface area contributed by atoms with Crippen LogP contribution in [0.5, 0.6) is 0 Å². The average molecular weight is 235 g/mol. The van der Waals surface area contributed by atoms with Crippen molar-refractivity contribution in [1.29, 1.82) is 5.26 Å². The van der Waals surface area contributed by atoms with Crippen molar-refractivity contribution in [2.24, 2.45) is 5.41 Å². The zero-order valence-electron chi connectivity index (χ0n) is 10.3. The largest absolute Gasteiger partial charge is 0.352 e. The van der Waals surface area contributed by atoms with Crippen LogP contribution in [0.15, 0.2) is 0 Å². The Bertz CT molecular complexity index is 307. The van der Waals surface area contributed by atoms with Gasteiger partial charge in [0.2, 0.25) is 5.91 Å². The molecule has 0 aromatic carbocycles. The molecule has 2 fully saturated rings. The van der Waals surface area contributed by atoms with Crippen LogP contribution in [0.3, 0.4) is 0 Å². The minimum absolute atomic E-state index is 0.00910. The van der Waals surface area contributed by atoms with E-state index in [0.717, 1.165) is 32.4 Å². The molecule has 0 aromatic heterocycles. The Balaban J connectivity index is 2.01. The van der Waals surface area contributed by atoms with E-state index < -0.39 is 0 Å². The molecule has 94 valence electrons. The Labute approximate surface area is 103 Å². The summed E-state index contributed by atoms with van der Waals surface area (Å²) in [6, 6.07) is 2.21. The van der Waals surface area contributed by atoms with Crippen LogP contribution >= 0.6 is 0 Å². The molecular weight excluding hydrogens is 214 g/mol. The second-order valence-corrected chi connectivity index (χ2v) is 5.31. The third kappa shape index (κ3) is 2.78. The summed E-state index contributed by atoms with van der Waals surface area (Å²) in [6.45, 7) is 2.12. The van der Waals surface area contributed by atoms with Crippen LogP contribution in [0.4, 0.5) is 0 Å². The zero-order chi connectivity index (χ0) is 12.1. The van der Waals surface area contributed by atoms with Gasteiger partial charge in [-0.2, -0.15) is 5.26 Å². The number of nitrogens with zero attached hydrogens (tertiary/aromatic N) is 1. The lowest BCUT2D eigenvalue weighted by Gasteiger charge is -2.47. The van der Waals surface area contributed by atoms with Crippen LogP contribution in [0, 0.1) is 16.7 Å². The lowest BCUT2D eigenvalue weighted by Crippen LogP contribution is -2.53. The van der Waals surface area contributed by atoms with Gasteiger partial charge in [-0.15, -0.1) is 0 Å². The molecule has 1 aliphatic carbocycles. The molecule has 1 saturated carbocycles. The molecule has 0 bridgehead atoms. The maximum Gasteiger partial charge on any atom is 0.234 e. The van der Waals surface area contributed by atoms with Crippen LogP contribution in [0.25, 0.3) is 0 Å². The number of nitrogens with one attached hydrogen (secondary N) is 2. The molecule has 0 aromatic rings. The van der Waals surface area contributed by atoms with Crippen molar-refractivity contribution in [2.75, 3.05) is 13.1 Å². The molecule has 1 atom stereocenters. The minimum atomic E-state index is -0.0997. The average Bonchev–Trinajstić information content (AvgIpc) is 2.34.